The number of methoxy groups -OCH3 is 2. The zero-order valence-corrected chi connectivity index (χ0v) is 12.3. The monoisotopic (exact) mass is 283 g/mol. The van der Waals surface area contributed by atoms with Crippen molar-refractivity contribution in [2.45, 2.75) is 18.2 Å². The predicted octanol–water partition coefficient (Wildman–Crippen LogP) is -0.0791. The van der Waals surface area contributed by atoms with Gasteiger partial charge in [-0.05, 0) is 0 Å². The van der Waals surface area contributed by atoms with Crippen molar-refractivity contribution in [1.29, 1.82) is 0 Å². The lowest BCUT2D eigenvalue weighted by Gasteiger charge is -2.40. The number of carbonyl (C=O) groups is 1. The van der Waals surface area contributed by atoms with Gasteiger partial charge in [-0.1, -0.05) is 0 Å². The van der Waals surface area contributed by atoms with Gasteiger partial charge in [-0.15, -0.1) is 0 Å². The van der Waals surface area contributed by atoms with Gasteiger partial charge in [-0.2, -0.15) is 0 Å². The van der Waals surface area contributed by atoms with E-state index in [9.17, 15) is 4.79 Å². The molecule has 1 aromatic heterocycles. The number of aromatic nitrogens is 2. The molecule has 7 heteroatoms. The van der Waals surface area contributed by atoms with Gasteiger partial charge in [0.05, 0.1) is 31.8 Å². The maximum Gasteiger partial charge on any atom is 0.272 e. The Hall–Kier alpha value is -1.44. The van der Waals surface area contributed by atoms with Crippen molar-refractivity contribution in [3.05, 3.63) is 18.2 Å². The standard InChI is InChI=1S/C13H21N3O4/c1-15-8-14-5-9(15)13(17)16(2)10-6-20-7-11(18-3)12(10)19-4/h5,8,10-12H,6-7H2,1-4H3/t10-,11-,12+/m1/s1. The fourth-order valence-corrected chi connectivity index (χ4v) is 2.48. The first-order valence-corrected chi connectivity index (χ1v) is 6.47. The topological polar surface area (TPSA) is 65.8 Å². The van der Waals surface area contributed by atoms with Crippen LogP contribution in [0.5, 0.6) is 0 Å². The molecule has 0 radical (unpaired) electrons. The molecule has 3 atom stereocenters. The number of hydrogen-bond acceptors (Lipinski definition) is 5. The van der Waals surface area contributed by atoms with Gasteiger partial charge in [-0.25, -0.2) is 4.98 Å². The SMILES string of the molecule is CO[C@H]1[C@H](N(C)C(=O)c2cncn2C)COC[C@H]1OC. The Morgan fingerprint density at radius 3 is 2.75 bits per heavy atom. The van der Waals surface area contributed by atoms with Crippen LogP contribution in [0.15, 0.2) is 12.5 Å². The third kappa shape index (κ3) is 2.70. The molecule has 2 heterocycles. The number of nitrogens with zero attached hydrogens (tertiary/aromatic N) is 3. The van der Waals surface area contributed by atoms with Crippen LogP contribution >= 0.6 is 0 Å². The van der Waals surface area contributed by atoms with E-state index in [4.69, 9.17) is 14.2 Å². The lowest BCUT2D eigenvalue weighted by molar-refractivity contribution is -0.147. The van der Waals surface area contributed by atoms with Gasteiger partial charge in [0.2, 0.25) is 0 Å². The highest BCUT2D eigenvalue weighted by Crippen LogP contribution is 2.20. The number of hydrogen-bond donors (Lipinski definition) is 0. The first-order chi connectivity index (χ1) is 9.60. The third-order valence-electron chi connectivity index (χ3n) is 3.74. The fraction of sp³-hybridized carbons (Fsp3) is 0.692. The van der Waals surface area contributed by atoms with Gasteiger partial charge >= 0.3 is 0 Å². The van der Waals surface area contributed by atoms with Crippen LogP contribution < -0.4 is 0 Å². The minimum atomic E-state index is -0.212. The van der Waals surface area contributed by atoms with E-state index in [2.05, 4.69) is 4.98 Å². The largest absolute Gasteiger partial charge is 0.376 e. The highest BCUT2D eigenvalue weighted by molar-refractivity contribution is 5.92. The lowest BCUT2D eigenvalue weighted by Crippen LogP contribution is -2.57. The summed E-state index contributed by atoms with van der Waals surface area (Å²) in [5.74, 6) is -0.114. The summed E-state index contributed by atoms with van der Waals surface area (Å²) in [5.41, 5.74) is 0.530. The van der Waals surface area contributed by atoms with Crippen LogP contribution in [-0.2, 0) is 21.3 Å². The molecule has 112 valence electrons. The molecule has 0 spiro atoms. The van der Waals surface area contributed by atoms with Gasteiger partial charge in [0.15, 0.2) is 0 Å². The fourth-order valence-electron chi connectivity index (χ4n) is 2.48. The van der Waals surface area contributed by atoms with Gasteiger partial charge in [0.25, 0.3) is 5.91 Å². The Balaban J connectivity index is 2.16. The molecule has 0 bridgehead atoms. The van der Waals surface area contributed by atoms with Gasteiger partial charge in [-0.3, -0.25) is 4.79 Å². The molecule has 0 unspecified atom stereocenters. The number of amides is 1. The predicted molar refractivity (Wildman–Crippen MR) is 71.5 cm³/mol. The van der Waals surface area contributed by atoms with Crippen LogP contribution in [0.1, 0.15) is 10.5 Å². The first-order valence-electron chi connectivity index (χ1n) is 6.47. The zero-order valence-electron chi connectivity index (χ0n) is 12.3. The molecule has 1 saturated heterocycles. The summed E-state index contributed by atoms with van der Waals surface area (Å²) < 4.78 is 18.1. The van der Waals surface area contributed by atoms with Crippen LogP contribution in [0.25, 0.3) is 0 Å². The lowest BCUT2D eigenvalue weighted by atomic mass is 10.0. The minimum Gasteiger partial charge on any atom is -0.376 e. The quantitative estimate of drug-likeness (QED) is 0.773. The molecular weight excluding hydrogens is 262 g/mol. The van der Waals surface area contributed by atoms with Crippen LogP contribution in [0.3, 0.4) is 0 Å². The van der Waals surface area contributed by atoms with E-state index >= 15 is 0 Å². The molecule has 0 saturated carbocycles. The van der Waals surface area contributed by atoms with Gasteiger partial charge < -0.3 is 23.7 Å². The number of aryl methyl sites for hydroxylation is 1. The van der Waals surface area contributed by atoms with Crippen molar-refractivity contribution >= 4 is 5.91 Å². The Morgan fingerprint density at radius 2 is 2.20 bits per heavy atom. The average Bonchev–Trinajstić information content (AvgIpc) is 2.90. The zero-order chi connectivity index (χ0) is 14.7. The van der Waals surface area contributed by atoms with Gasteiger partial charge in [0.1, 0.15) is 17.9 Å². The van der Waals surface area contributed by atoms with E-state index in [1.54, 1.807) is 50.3 Å². The second kappa shape index (κ2) is 6.34. The summed E-state index contributed by atoms with van der Waals surface area (Å²) in [5, 5.41) is 0. The molecular formula is C13H21N3O4. The number of likely N-dealkylation sites (N-methyl/N-ethyl adjacent to an activating group) is 1. The van der Waals surface area contributed by atoms with Crippen LogP contribution in [0.4, 0.5) is 0 Å². The van der Waals surface area contributed by atoms with Crippen molar-refractivity contribution in [3.8, 4) is 0 Å². The third-order valence-corrected chi connectivity index (χ3v) is 3.74. The summed E-state index contributed by atoms with van der Waals surface area (Å²) in [6.07, 6.45) is 2.76. The molecule has 1 aromatic rings. The Labute approximate surface area is 118 Å². The normalized spacial score (nSPS) is 26.5. The van der Waals surface area contributed by atoms with Crippen molar-refractivity contribution in [2.75, 3.05) is 34.5 Å². The first kappa shape index (κ1) is 15.0. The Morgan fingerprint density at radius 1 is 1.45 bits per heavy atom. The van der Waals surface area contributed by atoms with Crippen molar-refractivity contribution in [3.63, 3.8) is 0 Å². The number of carbonyl (C=O) groups excluding carboxylic acids is 1. The highest BCUT2D eigenvalue weighted by Gasteiger charge is 2.39. The van der Waals surface area contributed by atoms with E-state index in [0.29, 0.717) is 18.9 Å². The second-order valence-corrected chi connectivity index (χ2v) is 4.89. The van der Waals surface area contributed by atoms with Crippen molar-refractivity contribution in [2.24, 2.45) is 7.05 Å². The van der Waals surface area contributed by atoms with Crippen LogP contribution in [-0.4, -0.2) is 73.1 Å². The molecule has 1 aliphatic heterocycles. The summed E-state index contributed by atoms with van der Waals surface area (Å²) in [6, 6.07) is -0.193. The Bertz CT molecular complexity index is 462. The van der Waals surface area contributed by atoms with E-state index in [1.165, 1.54) is 0 Å². The van der Waals surface area contributed by atoms with Crippen LogP contribution in [0, 0.1) is 0 Å². The second-order valence-electron chi connectivity index (χ2n) is 4.89. The molecule has 1 aliphatic rings. The van der Waals surface area contributed by atoms with E-state index in [1.807, 2.05) is 0 Å². The maximum atomic E-state index is 12.5. The highest BCUT2D eigenvalue weighted by atomic mass is 16.6. The molecule has 7 nitrogen and oxygen atoms in total. The molecule has 0 aliphatic carbocycles. The summed E-state index contributed by atoms with van der Waals surface area (Å²) >= 11 is 0. The smallest absolute Gasteiger partial charge is 0.272 e. The number of imidazole rings is 1. The summed E-state index contributed by atoms with van der Waals surface area (Å²) in [6.45, 7) is 0.901. The van der Waals surface area contributed by atoms with E-state index in [-0.39, 0.29) is 24.2 Å². The van der Waals surface area contributed by atoms with E-state index < -0.39 is 0 Å². The summed E-state index contributed by atoms with van der Waals surface area (Å²) in [4.78, 5) is 18.1. The molecule has 0 N–H and O–H groups in total. The van der Waals surface area contributed by atoms with Crippen molar-refractivity contribution in [1.82, 2.24) is 14.5 Å². The average molecular weight is 283 g/mol. The number of rotatable bonds is 4. The maximum absolute atomic E-state index is 12.5. The van der Waals surface area contributed by atoms with Crippen LogP contribution in [0.2, 0.25) is 0 Å². The van der Waals surface area contributed by atoms with E-state index in [0.717, 1.165) is 0 Å². The molecule has 1 fully saturated rings. The molecule has 1 amide bonds. The summed E-state index contributed by atoms with van der Waals surface area (Å²) in [7, 11) is 6.77. The molecule has 20 heavy (non-hydrogen) atoms. The molecule has 0 aromatic carbocycles. The minimum absolute atomic E-state index is 0.114. The Kier molecular flexibility index (Phi) is 4.74. The van der Waals surface area contributed by atoms with Gasteiger partial charge in [0, 0.05) is 28.3 Å². The van der Waals surface area contributed by atoms with Crippen molar-refractivity contribution < 1.29 is 19.0 Å². The molecule has 2 rings (SSSR count). The number of ether oxygens (including phenoxy) is 3.